The number of likely N-dealkylation sites (tertiary alicyclic amines) is 1. The second-order valence-electron chi connectivity index (χ2n) is 5.61. The molecule has 0 radical (unpaired) electrons. The Morgan fingerprint density at radius 3 is 2.94 bits per heavy atom. The van der Waals surface area contributed by atoms with E-state index in [1.165, 1.54) is 29.3 Å². The van der Waals surface area contributed by atoms with E-state index in [0.29, 0.717) is 12.1 Å². The predicted molar refractivity (Wildman–Crippen MR) is 76.1 cm³/mol. The molecule has 2 atom stereocenters. The molecule has 4 heteroatoms. The molecular weight excluding hydrogens is 244 g/mol. The average molecular weight is 268 g/mol. The highest BCUT2D eigenvalue weighted by Gasteiger charge is 2.27. The smallest absolute Gasteiger partial charge is 0.0943 e. The molecule has 0 spiro atoms. The summed E-state index contributed by atoms with van der Waals surface area (Å²) in [6.07, 6.45) is 6.08. The quantitative estimate of drug-likeness (QED) is 0.891. The monoisotopic (exact) mass is 268 g/mol. The molecule has 0 aromatic carbocycles. The number of nitrogens with zero attached hydrogens (tertiary/aromatic N) is 2. The van der Waals surface area contributed by atoms with E-state index in [-0.39, 0.29) is 6.10 Å². The van der Waals surface area contributed by atoms with Crippen LogP contribution in [0.1, 0.15) is 43.5 Å². The van der Waals surface area contributed by atoms with E-state index in [0.717, 1.165) is 12.8 Å². The van der Waals surface area contributed by atoms with Crippen LogP contribution in [0.15, 0.2) is 6.20 Å². The Morgan fingerprint density at radius 2 is 2.28 bits per heavy atom. The summed E-state index contributed by atoms with van der Waals surface area (Å²) in [6.45, 7) is 7.61. The summed E-state index contributed by atoms with van der Waals surface area (Å²) in [5.74, 6) is 0. The highest BCUT2D eigenvalue weighted by molar-refractivity contribution is 7.11. The van der Waals surface area contributed by atoms with Gasteiger partial charge in [-0.05, 0) is 40.2 Å². The largest absolute Gasteiger partial charge is 0.393 e. The third-order valence-electron chi connectivity index (χ3n) is 3.59. The summed E-state index contributed by atoms with van der Waals surface area (Å²) in [5.41, 5.74) is 0. The van der Waals surface area contributed by atoms with Crippen LogP contribution in [0.2, 0.25) is 0 Å². The first-order chi connectivity index (χ1) is 8.56. The number of aliphatic hydroxyl groups excluding tert-OH is 1. The van der Waals surface area contributed by atoms with Gasteiger partial charge in [0.2, 0.25) is 0 Å². The van der Waals surface area contributed by atoms with Crippen molar-refractivity contribution >= 4 is 11.3 Å². The topological polar surface area (TPSA) is 36.4 Å². The predicted octanol–water partition coefficient (Wildman–Crippen LogP) is 2.48. The van der Waals surface area contributed by atoms with Gasteiger partial charge in [0.15, 0.2) is 0 Å². The van der Waals surface area contributed by atoms with E-state index in [4.69, 9.17) is 0 Å². The average Bonchev–Trinajstić information content (AvgIpc) is 2.87. The van der Waals surface area contributed by atoms with Gasteiger partial charge in [-0.2, -0.15) is 0 Å². The Morgan fingerprint density at radius 1 is 1.50 bits per heavy atom. The molecule has 1 fully saturated rings. The van der Waals surface area contributed by atoms with Crippen LogP contribution in [0.4, 0.5) is 0 Å². The summed E-state index contributed by atoms with van der Waals surface area (Å²) in [4.78, 5) is 8.30. The van der Waals surface area contributed by atoms with Crippen LogP contribution in [-0.4, -0.2) is 39.7 Å². The van der Waals surface area contributed by atoms with Gasteiger partial charge in [-0.3, -0.25) is 4.90 Å². The Balaban J connectivity index is 1.94. The van der Waals surface area contributed by atoms with E-state index in [1.54, 1.807) is 11.3 Å². The Bertz CT molecular complexity index is 376. The summed E-state index contributed by atoms with van der Waals surface area (Å²) in [5, 5.41) is 10.6. The van der Waals surface area contributed by atoms with Gasteiger partial charge < -0.3 is 5.11 Å². The fraction of sp³-hybridized carbons (Fsp3) is 0.786. The lowest BCUT2D eigenvalue weighted by atomic mass is 10.1. The first-order valence-corrected chi connectivity index (χ1v) is 7.75. The van der Waals surface area contributed by atoms with E-state index >= 15 is 0 Å². The van der Waals surface area contributed by atoms with Crippen molar-refractivity contribution in [3.8, 4) is 0 Å². The van der Waals surface area contributed by atoms with Crippen molar-refractivity contribution in [2.45, 2.75) is 64.6 Å². The first kappa shape index (κ1) is 14.0. The van der Waals surface area contributed by atoms with Crippen molar-refractivity contribution in [3.63, 3.8) is 0 Å². The third-order valence-corrected chi connectivity index (χ3v) is 4.64. The fourth-order valence-corrected chi connectivity index (χ4v) is 3.90. The van der Waals surface area contributed by atoms with Gasteiger partial charge >= 0.3 is 0 Å². The fourth-order valence-electron chi connectivity index (χ4n) is 2.79. The molecule has 18 heavy (non-hydrogen) atoms. The maximum absolute atomic E-state index is 9.38. The van der Waals surface area contributed by atoms with Gasteiger partial charge in [0.05, 0.1) is 11.1 Å². The number of hydrogen-bond donors (Lipinski definition) is 1. The van der Waals surface area contributed by atoms with Gasteiger partial charge in [-0.25, -0.2) is 4.98 Å². The van der Waals surface area contributed by atoms with Crippen LogP contribution in [-0.2, 0) is 12.8 Å². The van der Waals surface area contributed by atoms with Crippen LogP contribution in [0.3, 0.4) is 0 Å². The minimum absolute atomic E-state index is 0.267. The molecule has 3 nitrogen and oxygen atoms in total. The van der Waals surface area contributed by atoms with Crippen LogP contribution in [0.5, 0.6) is 0 Å². The van der Waals surface area contributed by atoms with Crippen LogP contribution >= 0.6 is 11.3 Å². The lowest BCUT2D eigenvalue weighted by Crippen LogP contribution is -2.36. The highest BCUT2D eigenvalue weighted by atomic mass is 32.1. The molecule has 0 saturated carbocycles. The first-order valence-electron chi connectivity index (χ1n) is 6.93. The summed E-state index contributed by atoms with van der Waals surface area (Å²) in [6, 6.07) is 1.30. The lowest BCUT2D eigenvalue weighted by Gasteiger charge is -2.27. The van der Waals surface area contributed by atoms with Crippen molar-refractivity contribution < 1.29 is 5.11 Å². The molecule has 1 saturated heterocycles. The highest BCUT2D eigenvalue weighted by Crippen LogP contribution is 2.25. The molecule has 2 heterocycles. The Hall–Kier alpha value is -0.450. The van der Waals surface area contributed by atoms with E-state index < -0.39 is 0 Å². The molecule has 0 amide bonds. The minimum Gasteiger partial charge on any atom is -0.393 e. The zero-order valence-corrected chi connectivity index (χ0v) is 12.4. The van der Waals surface area contributed by atoms with Crippen molar-refractivity contribution in [1.29, 1.82) is 0 Å². The number of thiazole rings is 1. The summed E-state index contributed by atoms with van der Waals surface area (Å²) < 4.78 is 0. The molecule has 1 N–H and O–H groups in total. The van der Waals surface area contributed by atoms with Crippen molar-refractivity contribution in [2.75, 3.05) is 6.54 Å². The Labute approximate surface area is 114 Å². The van der Waals surface area contributed by atoms with Gasteiger partial charge in [0, 0.05) is 36.0 Å². The van der Waals surface area contributed by atoms with Gasteiger partial charge in [0.1, 0.15) is 0 Å². The molecule has 102 valence electrons. The minimum atomic E-state index is -0.267. The van der Waals surface area contributed by atoms with Crippen molar-refractivity contribution in [3.05, 3.63) is 16.1 Å². The zero-order chi connectivity index (χ0) is 13.1. The maximum atomic E-state index is 9.38. The number of hydrogen-bond acceptors (Lipinski definition) is 4. The van der Waals surface area contributed by atoms with Gasteiger partial charge in [0.25, 0.3) is 0 Å². The standard InChI is InChI=1S/C14H24N2OS/c1-10(2)16-6-4-5-12(16)8-14-15-9-13(18-14)7-11(3)17/h9-12,17H,4-8H2,1-3H3. The zero-order valence-electron chi connectivity index (χ0n) is 11.6. The Kier molecular flexibility index (Phi) is 4.76. The van der Waals surface area contributed by atoms with Crippen LogP contribution < -0.4 is 0 Å². The molecule has 0 aliphatic carbocycles. The number of aromatic nitrogens is 1. The van der Waals surface area contributed by atoms with Crippen LogP contribution in [0, 0.1) is 0 Å². The van der Waals surface area contributed by atoms with Crippen molar-refractivity contribution in [1.82, 2.24) is 9.88 Å². The second-order valence-corrected chi connectivity index (χ2v) is 6.80. The maximum Gasteiger partial charge on any atom is 0.0943 e. The molecule has 0 bridgehead atoms. The number of rotatable bonds is 5. The molecule has 1 aromatic heterocycles. The van der Waals surface area contributed by atoms with Gasteiger partial charge in [-0.1, -0.05) is 0 Å². The molecule has 1 aliphatic rings. The third kappa shape index (κ3) is 3.53. The molecule has 1 aliphatic heterocycles. The molecule has 2 unspecified atom stereocenters. The van der Waals surface area contributed by atoms with E-state index in [2.05, 4.69) is 23.7 Å². The van der Waals surface area contributed by atoms with Crippen LogP contribution in [0.25, 0.3) is 0 Å². The molecular formula is C14H24N2OS. The van der Waals surface area contributed by atoms with E-state index in [9.17, 15) is 5.11 Å². The number of aliphatic hydroxyl groups is 1. The lowest BCUT2D eigenvalue weighted by molar-refractivity contribution is 0.196. The summed E-state index contributed by atoms with van der Waals surface area (Å²) in [7, 11) is 0. The molecule has 1 aromatic rings. The SMILES string of the molecule is CC(O)Cc1cnc(CC2CCCN2C(C)C)s1. The molecule has 2 rings (SSSR count). The normalized spacial score (nSPS) is 22.8. The van der Waals surface area contributed by atoms with Gasteiger partial charge in [-0.15, -0.1) is 11.3 Å². The summed E-state index contributed by atoms with van der Waals surface area (Å²) >= 11 is 1.76. The van der Waals surface area contributed by atoms with E-state index in [1.807, 2.05) is 13.1 Å². The van der Waals surface area contributed by atoms with Crippen molar-refractivity contribution in [2.24, 2.45) is 0 Å². The second kappa shape index (κ2) is 6.13.